The van der Waals surface area contributed by atoms with E-state index in [9.17, 15) is 4.79 Å². The van der Waals surface area contributed by atoms with Crippen LogP contribution in [0.5, 0.6) is 0 Å². The minimum Gasteiger partial charge on any atom is -0.420 e. The second-order valence-corrected chi connectivity index (χ2v) is 8.23. The maximum Gasteiger partial charge on any atom is 0.196 e. The lowest BCUT2D eigenvalue weighted by molar-refractivity contribution is -0.115. The van der Waals surface area contributed by atoms with Crippen molar-refractivity contribution in [2.45, 2.75) is 38.9 Å². The van der Waals surface area contributed by atoms with Crippen LogP contribution < -0.4 is 0 Å². The summed E-state index contributed by atoms with van der Waals surface area (Å²) in [6, 6.07) is 0. The van der Waals surface area contributed by atoms with Gasteiger partial charge in [0.05, 0.1) is 0 Å². The van der Waals surface area contributed by atoms with Crippen molar-refractivity contribution in [2.24, 2.45) is 0 Å². The summed E-state index contributed by atoms with van der Waals surface area (Å²) < 4.78 is 5.44. The van der Waals surface area contributed by atoms with Crippen molar-refractivity contribution in [1.29, 1.82) is 0 Å². The second-order valence-electron chi connectivity index (χ2n) is 3.91. The summed E-state index contributed by atoms with van der Waals surface area (Å²) >= 11 is 0. The molecule has 0 aliphatic heterocycles. The third-order valence-corrected chi connectivity index (χ3v) is 5.91. The van der Waals surface area contributed by atoms with Crippen LogP contribution in [0.2, 0.25) is 18.6 Å². The van der Waals surface area contributed by atoms with E-state index in [0.717, 1.165) is 6.42 Å². The first-order chi connectivity index (χ1) is 5.86. The first-order valence-electron chi connectivity index (χ1n) is 4.61. The molecule has 0 aliphatic carbocycles. The molecule has 0 rings (SSSR count). The van der Waals surface area contributed by atoms with Gasteiger partial charge in [0.15, 0.2) is 14.1 Å². The molecule has 76 valence electrons. The van der Waals surface area contributed by atoms with Gasteiger partial charge in [-0.1, -0.05) is 13.5 Å². The van der Waals surface area contributed by atoms with Crippen LogP contribution in [-0.4, -0.2) is 21.2 Å². The average molecular weight is 200 g/mol. The summed E-state index contributed by atoms with van der Waals surface area (Å²) in [4.78, 5) is 11.7. The molecule has 3 heteroatoms. The number of hydrogen-bond acceptors (Lipinski definition) is 2. The third kappa shape index (κ3) is 3.08. The molecular weight excluding hydrogens is 180 g/mol. The number of ketones is 1. The molecule has 0 radical (unpaired) electrons. The molecule has 0 aromatic heterocycles. The molecule has 1 unspecified atom stereocenters. The minimum atomic E-state index is -1.84. The quantitative estimate of drug-likeness (QED) is 0.504. The molecule has 1 atom stereocenters. The molecule has 0 saturated carbocycles. The largest absolute Gasteiger partial charge is 0.420 e. The van der Waals surface area contributed by atoms with E-state index in [1.54, 1.807) is 14.0 Å². The molecule has 0 spiro atoms. The van der Waals surface area contributed by atoms with Crippen molar-refractivity contribution < 1.29 is 9.22 Å². The summed E-state index contributed by atoms with van der Waals surface area (Å²) in [6.45, 7) is 11.6. The van der Waals surface area contributed by atoms with E-state index >= 15 is 0 Å². The number of allylic oxidation sites excluding steroid dienone is 1. The molecule has 0 fully saturated rings. The Hall–Kier alpha value is -0.413. The van der Waals surface area contributed by atoms with Crippen LogP contribution in [0.4, 0.5) is 0 Å². The summed E-state index contributed by atoms with van der Waals surface area (Å²) in [5.74, 6) is 0.168. The fraction of sp³-hybridized carbons (Fsp3) is 0.700. The average Bonchev–Trinajstić information content (AvgIpc) is 2.05. The normalized spacial score (nSPS) is 13.9. The number of rotatable bonds is 5. The highest BCUT2D eigenvalue weighted by molar-refractivity contribution is 6.76. The highest BCUT2D eigenvalue weighted by Crippen LogP contribution is 2.28. The Balaban J connectivity index is 4.70. The van der Waals surface area contributed by atoms with Crippen LogP contribution in [-0.2, 0) is 9.22 Å². The van der Waals surface area contributed by atoms with Gasteiger partial charge in [-0.2, -0.15) is 0 Å². The van der Waals surface area contributed by atoms with E-state index in [1.165, 1.54) is 0 Å². The maximum atomic E-state index is 11.7. The standard InChI is InChI=1S/C10H20O2Si/c1-7-9(10(11)8(2)3)13(5,6)12-4/h9H,2,7H2,1,3-6H3. The summed E-state index contributed by atoms with van der Waals surface area (Å²) in [5, 5.41) is 0. The summed E-state index contributed by atoms with van der Waals surface area (Å²) in [6.07, 6.45) is 0.846. The smallest absolute Gasteiger partial charge is 0.196 e. The molecule has 0 heterocycles. The van der Waals surface area contributed by atoms with Gasteiger partial charge >= 0.3 is 0 Å². The van der Waals surface area contributed by atoms with Gasteiger partial charge in [-0.05, 0) is 32.0 Å². The zero-order valence-electron chi connectivity index (χ0n) is 9.31. The van der Waals surface area contributed by atoms with Crippen molar-refractivity contribution in [1.82, 2.24) is 0 Å². The second kappa shape index (κ2) is 4.72. The van der Waals surface area contributed by atoms with Crippen LogP contribution in [0.15, 0.2) is 12.2 Å². The topological polar surface area (TPSA) is 26.3 Å². The Morgan fingerprint density at radius 2 is 2.00 bits per heavy atom. The monoisotopic (exact) mass is 200 g/mol. The Labute approximate surface area is 82.1 Å². The van der Waals surface area contributed by atoms with Gasteiger partial charge in [-0.15, -0.1) is 0 Å². The van der Waals surface area contributed by atoms with E-state index < -0.39 is 8.32 Å². The molecule has 0 aromatic rings. The maximum absolute atomic E-state index is 11.7. The fourth-order valence-corrected chi connectivity index (χ4v) is 3.58. The van der Waals surface area contributed by atoms with Gasteiger partial charge in [0, 0.05) is 12.7 Å². The van der Waals surface area contributed by atoms with Crippen molar-refractivity contribution in [3.63, 3.8) is 0 Å². The number of hydrogen-bond donors (Lipinski definition) is 0. The highest BCUT2D eigenvalue weighted by Gasteiger charge is 2.36. The lowest BCUT2D eigenvalue weighted by atomic mass is 10.1. The van der Waals surface area contributed by atoms with Gasteiger partial charge in [0.2, 0.25) is 0 Å². The van der Waals surface area contributed by atoms with Crippen molar-refractivity contribution in [3.05, 3.63) is 12.2 Å². The van der Waals surface area contributed by atoms with Crippen molar-refractivity contribution in [3.8, 4) is 0 Å². The van der Waals surface area contributed by atoms with E-state index in [1.807, 2.05) is 6.92 Å². The lowest BCUT2D eigenvalue weighted by Gasteiger charge is -2.28. The summed E-state index contributed by atoms with van der Waals surface area (Å²) in [5.41, 5.74) is 0.694. The summed E-state index contributed by atoms with van der Waals surface area (Å²) in [7, 11) is -0.148. The number of carbonyl (C=O) groups is 1. The van der Waals surface area contributed by atoms with Crippen molar-refractivity contribution >= 4 is 14.1 Å². The molecular formula is C10H20O2Si. The molecule has 0 aromatic carbocycles. The number of carbonyl (C=O) groups excluding carboxylic acids is 1. The molecule has 0 aliphatic rings. The first kappa shape index (κ1) is 12.6. The van der Waals surface area contributed by atoms with E-state index in [4.69, 9.17) is 4.43 Å². The Bertz CT molecular complexity index is 209. The van der Waals surface area contributed by atoms with E-state index in [0.29, 0.717) is 5.57 Å². The minimum absolute atomic E-state index is 0.0509. The molecule has 0 saturated heterocycles. The molecule has 2 nitrogen and oxygen atoms in total. The van der Waals surface area contributed by atoms with Gasteiger partial charge < -0.3 is 4.43 Å². The van der Waals surface area contributed by atoms with Crippen molar-refractivity contribution in [2.75, 3.05) is 7.11 Å². The van der Waals surface area contributed by atoms with Crippen LogP contribution in [0.25, 0.3) is 0 Å². The SMILES string of the molecule is C=C(C)C(=O)C(CC)[Si](C)(C)OC. The first-order valence-corrected chi connectivity index (χ1v) is 7.60. The van der Waals surface area contributed by atoms with Gasteiger partial charge in [0.25, 0.3) is 0 Å². The van der Waals surface area contributed by atoms with E-state index in [2.05, 4.69) is 19.7 Å². The Morgan fingerprint density at radius 1 is 1.54 bits per heavy atom. The van der Waals surface area contributed by atoms with Gasteiger partial charge in [-0.3, -0.25) is 4.79 Å². The fourth-order valence-electron chi connectivity index (χ4n) is 1.43. The van der Waals surface area contributed by atoms with Gasteiger partial charge in [-0.25, -0.2) is 0 Å². The highest BCUT2D eigenvalue weighted by atomic mass is 28.4. The van der Waals surface area contributed by atoms with E-state index in [-0.39, 0.29) is 11.3 Å². The lowest BCUT2D eigenvalue weighted by Crippen LogP contribution is -2.39. The number of Topliss-reactive ketones (excluding diaryl/α,β-unsaturated/α-hetero) is 1. The van der Waals surface area contributed by atoms with Crippen LogP contribution in [0.3, 0.4) is 0 Å². The third-order valence-electron chi connectivity index (χ3n) is 2.51. The molecule has 0 amide bonds. The Kier molecular flexibility index (Phi) is 4.57. The predicted molar refractivity (Wildman–Crippen MR) is 58.4 cm³/mol. The Morgan fingerprint density at radius 3 is 2.23 bits per heavy atom. The predicted octanol–water partition coefficient (Wildman–Crippen LogP) is 2.76. The molecule has 0 N–H and O–H groups in total. The van der Waals surface area contributed by atoms with Gasteiger partial charge in [0.1, 0.15) is 0 Å². The molecule has 13 heavy (non-hydrogen) atoms. The van der Waals surface area contributed by atoms with Crippen LogP contribution in [0, 0.1) is 0 Å². The zero-order chi connectivity index (χ0) is 10.6. The van der Waals surface area contributed by atoms with Crippen LogP contribution in [0.1, 0.15) is 20.3 Å². The van der Waals surface area contributed by atoms with Crippen LogP contribution >= 0.6 is 0 Å². The molecule has 0 bridgehead atoms. The zero-order valence-corrected chi connectivity index (χ0v) is 10.3.